The molecule has 0 spiro atoms. The van der Waals surface area contributed by atoms with E-state index in [1.165, 1.54) is 55.4 Å². The molecule has 2 aromatic rings. The number of imidazole rings is 1. The number of anilines is 1. The highest BCUT2D eigenvalue weighted by molar-refractivity contribution is 7.89. The monoisotopic (exact) mass is 443 g/mol. The van der Waals surface area contributed by atoms with E-state index in [-0.39, 0.29) is 5.03 Å². The molecule has 1 aromatic carbocycles. The lowest BCUT2D eigenvalue weighted by Gasteiger charge is -2.35. The van der Waals surface area contributed by atoms with Gasteiger partial charge in [-0.2, -0.15) is 4.31 Å². The molecule has 5 rings (SSSR count). The van der Waals surface area contributed by atoms with E-state index in [2.05, 4.69) is 33.0 Å². The first-order valence-corrected chi connectivity index (χ1v) is 13.0. The lowest BCUT2D eigenvalue weighted by Crippen LogP contribution is -2.48. The molecule has 1 saturated carbocycles. The average molecular weight is 444 g/mol. The predicted molar refractivity (Wildman–Crippen MR) is 122 cm³/mol. The second kappa shape index (κ2) is 8.56. The zero-order valence-corrected chi connectivity index (χ0v) is 19.2. The number of aryl methyl sites for hydroxylation is 1. The van der Waals surface area contributed by atoms with Crippen molar-refractivity contribution in [3.63, 3.8) is 0 Å². The second-order valence-corrected chi connectivity index (χ2v) is 11.1. The van der Waals surface area contributed by atoms with Gasteiger partial charge in [0.25, 0.3) is 10.0 Å². The molecule has 0 radical (unpaired) electrons. The first-order chi connectivity index (χ1) is 15.0. The smallest absolute Gasteiger partial charge is 0.262 e. The SMILES string of the molecule is Cn1cnc(S(=O)(=O)N2CCN(c3ccc4c(c3)CCN(C3CCCC3)CC4)CC2)c1. The van der Waals surface area contributed by atoms with Gasteiger partial charge in [0.2, 0.25) is 0 Å². The molecule has 31 heavy (non-hydrogen) atoms. The van der Waals surface area contributed by atoms with E-state index in [1.54, 1.807) is 22.1 Å². The molecule has 3 aliphatic rings. The van der Waals surface area contributed by atoms with Crippen LogP contribution in [0.1, 0.15) is 36.8 Å². The quantitative estimate of drug-likeness (QED) is 0.726. The number of aromatic nitrogens is 2. The molecular weight excluding hydrogens is 410 g/mol. The molecule has 7 nitrogen and oxygen atoms in total. The maximum absolute atomic E-state index is 12.8. The van der Waals surface area contributed by atoms with E-state index in [1.807, 2.05) is 0 Å². The Morgan fingerprint density at radius 3 is 2.32 bits per heavy atom. The standard InChI is InChI=1S/C23H33N5O2S/c1-25-17-23(24-18-25)31(29,30)28-14-12-27(13-15-28)22-7-6-19-8-10-26(11-9-20(19)16-22)21-4-2-3-5-21/h6-7,16-18,21H,2-5,8-15H2,1H3. The van der Waals surface area contributed by atoms with Gasteiger partial charge in [-0.15, -0.1) is 0 Å². The second-order valence-electron chi connectivity index (χ2n) is 9.20. The number of nitrogens with zero attached hydrogens (tertiary/aromatic N) is 5. The van der Waals surface area contributed by atoms with E-state index < -0.39 is 10.0 Å². The topological polar surface area (TPSA) is 61.7 Å². The average Bonchev–Trinajstić information content (AvgIpc) is 3.42. The summed E-state index contributed by atoms with van der Waals surface area (Å²) < 4.78 is 28.9. The van der Waals surface area contributed by atoms with Crippen molar-refractivity contribution in [3.05, 3.63) is 41.9 Å². The van der Waals surface area contributed by atoms with E-state index in [9.17, 15) is 8.42 Å². The minimum Gasteiger partial charge on any atom is -0.369 e. The van der Waals surface area contributed by atoms with Crippen LogP contribution in [0.15, 0.2) is 35.7 Å². The number of piperazine rings is 1. The van der Waals surface area contributed by atoms with Gasteiger partial charge in [0.05, 0.1) is 6.33 Å². The van der Waals surface area contributed by atoms with Crippen molar-refractivity contribution in [1.29, 1.82) is 0 Å². The Labute approximate surface area is 185 Å². The summed E-state index contributed by atoms with van der Waals surface area (Å²) >= 11 is 0. The van der Waals surface area contributed by atoms with Crippen LogP contribution in [-0.2, 0) is 29.9 Å². The van der Waals surface area contributed by atoms with Crippen molar-refractivity contribution in [2.45, 2.75) is 49.6 Å². The largest absolute Gasteiger partial charge is 0.369 e. The summed E-state index contributed by atoms with van der Waals surface area (Å²) in [6, 6.07) is 7.69. The minimum absolute atomic E-state index is 0.139. The summed E-state index contributed by atoms with van der Waals surface area (Å²) in [5, 5.41) is 0.139. The van der Waals surface area contributed by atoms with Gasteiger partial charge in [-0.05, 0) is 48.9 Å². The molecule has 1 saturated heterocycles. The number of hydrogen-bond donors (Lipinski definition) is 0. The summed E-state index contributed by atoms with van der Waals surface area (Å²) in [5.74, 6) is 0. The molecule has 0 amide bonds. The number of fused-ring (bicyclic) bond motifs is 1. The fraction of sp³-hybridized carbons (Fsp3) is 0.609. The normalized spacial score (nSPS) is 21.9. The molecule has 168 valence electrons. The third kappa shape index (κ3) is 4.25. The molecule has 0 atom stereocenters. The van der Waals surface area contributed by atoms with Crippen LogP contribution in [-0.4, -0.2) is 72.5 Å². The van der Waals surface area contributed by atoms with Gasteiger partial charge in [-0.1, -0.05) is 18.9 Å². The fourth-order valence-electron chi connectivity index (χ4n) is 5.40. The van der Waals surface area contributed by atoms with Gasteiger partial charge in [-0.25, -0.2) is 13.4 Å². The summed E-state index contributed by atoms with van der Waals surface area (Å²) in [6.07, 6.45) is 10.9. The highest BCUT2D eigenvalue weighted by Crippen LogP contribution is 2.29. The zero-order chi connectivity index (χ0) is 21.4. The Hall–Kier alpha value is -1.90. The first-order valence-electron chi connectivity index (χ1n) is 11.6. The third-order valence-electron chi connectivity index (χ3n) is 7.26. The maximum Gasteiger partial charge on any atom is 0.262 e. The van der Waals surface area contributed by atoms with E-state index >= 15 is 0 Å². The molecule has 3 heterocycles. The van der Waals surface area contributed by atoms with Gasteiger partial charge in [0, 0.05) is 64.2 Å². The number of rotatable bonds is 4. The van der Waals surface area contributed by atoms with Crippen LogP contribution in [0.25, 0.3) is 0 Å². The summed E-state index contributed by atoms with van der Waals surface area (Å²) in [4.78, 5) is 9.09. The lowest BCUT2D eigenvalue weighted by atomic mass is 10.0. The van der Waals surface area contributed by atoms with Crippen molar-refractivity contribution < 1.29 is 8.42 Å². The number of benzene rings is 1. The number of sulfonamides is 1. The van der Waals surface area contributed by atoms with E-state index in [4.69, 9.17) is 0 Å². The Morgan fingerprint density at radius 2 is 1.65 bits per heavy atom. The predicted octanol–water partition coefficient (Wildman–Crippen LogP) is 2.27. The van der Waals surface area contributed by atoms with Crippen LogP contribution < -0.4 is 4.90 Å². The van der Waals surface area contributed by atoms with Gasteiger partial charge in [0.1, 0.15) is 0 Å². The van der Waals surface area contributed by atoms with Crippen molar-refractivity contribution in [2.24, 2.45) is 7.05 Å². The molecular formula is C23H33N5O2S. The van der Waals surface area contributed by atoms with Gasteiger partial charge < -0.3 is 9.47 Å². The molecule has 1 aromatic heterocycles. The molecule has 0 N–H and O–H groups in total. The number of hydrogen-bond acceptors (Lipinski definition) is 5. The molecule has 2 aliphatic heterocycles. The van der Waals surface area contributed by atoms with Crippen molar-refractivity contribution in [3.8, 4) is 0 Å². The molecule has 0 unspecified atom stereocenters. The zero-order valence-electron chi connectivity index (χ0n) is 18.4. The minimum atomic E-state index is -3.51. The van der Waals surface area contributed by atoms with Crippen molar-refractivity contribution >= 4 is 15.7 Å². The van der Waals surface area contributed by atoms with Crippen LogP contribution >= 0.6 is 0 Å². The Morgan fingerprint density at radius 1 is 0.935 bits per heavy atom. The highest BCUT2D eigenvalue weighted by atomic mass is 32.2. The Bertz CT molecular complexity index is 1020. The van der Waals surface area contributed by atoms with Crippen molar-refractivity contribution in [2.75, 3.05) is 44.2 Å². The first kappa shape index (κ1) is 21.0. The lowest BCUT2D eigenvalue weighted by molar-refractivity contribution is 0.208. The molecule has 8 heteroatoms. The van der Waals surface area contributed by atoms with Crippen LogP contribution in [0.5, 0.6) is 0 Å². The van der Waals surface area contributed by atoms with E-state index in [0.29, 0.717) is 26.2 Å². The Kier molecular flexibility index (Phi) is 5.79. The fourth-order valence-corrected chi connectivity index (χ4v) is 6.79. The van der Waals surface area contributed by atoms with Crippen LogP contribution in [0.2, 0.25) is 0 Å². The molecule has 0 bridgehead atoms. The van der Waals surface area contributed by atoms with Crippen LogP contribution in [0, 0.1) is 0 Å². The van der Waals surface area contributed by atoms with Crippen LogP contribution in [0.4, 0.5) is 5.69 Å². The summed E-state index contributed by atoms with van der Waals surface area (Å²) in [7, 11) is -1.72. The molecule has 2 fully saturated rings. The van der Waals surface area contributed by atoms with Gasteiger partial charge in [0.15, 0.2) is 5.03 Å². The summed E-state index contributed by atoms with van der Waals surface area (Å²) in [6.45, 7) is 4.74. The Balaban J connectivity index is 1.24. The van der Waals surface area contributed by atoms with Gasteiger partial charge >= 0.3 is 0 Å². The van der Waals surface area contributed by atoms with Crippen LogP contribution in [0.3, 0.4) is 0 Å². The highest BCUT2D eigenvalue weighted by Gasteiger charge is 2.30. The maximum atomic E-state index is 12.8. The molecule has 1 aliphatic carbocycles. The third-order valence-corrected chi connectivity index (χ3v) is 9.04. The van der Waals surface area contributed by atoms with Crippen molar-refractivity contribution in [1.82, 2.24) is 18.8 Å². The van der Waals surface area contributed by atoms with E-state index in [0.717, 1.165) is 25.4 Å². The summed E-state index contributed by atoms with van der Waals surface area (Å²) in [5.41, 5.74) is 4.19. The van der Waals surface area contributed by atoms with Gasteiger partial charge in [-0.3, -0.25) is 4.90 Å².